The maximum absolute atomic E-state index is 5.43. The van der Waals surface area contributed by atoms with Gasteiger partial charge in [0, 0.05) is 31.0 Å². The van der Waals surface area contributed by atoms with E-state index in [2.05, 4.69) is 10.6 Å². The Labute approximate surface area is 143 Å². The Balaban J connectivity index is 2.26. The van der Waals surface area contributed by atoms with Gasteiger partial charge in [-0.15, -0.1) is 0 Å². The molecule has 0 bridgehead atoms. The van der Waals surface area contributed by atoms with Gasteiger partial charge in [-0.2, -0.15) is 0 Å². The fourth-order valence-electron chi connectivity index (χ4n) is 2.64. The van der Waals surface area contributed by atoms with Crippen molar-refractivity contribution < 1.29 is 14.2 Å². The van der Waals surface area contributed by atoms with E-state index in [9.17, 15) is 0 Å². The van der Waals surface area contributed by atoms with Gasteiger partial charge in [-0.25, -0.2) is 0 Å². The Morgan fingerprint density at radius 2 is 2.00 bits per heavy atom. The average molecular weight is 336 g/mol. The van der Waals surface area contributed by atoms with Gasteiger partial charge in [0.05, 0.1) is 20.8 Å². The first-order chi connectivity index (χ1) is 11.1. The van der Waals surface area contributed by atoms with E-state index < -0.39 is 0 Å². The molecule has 0 saturated heterocycles. The number of hydrogen-bond acceptors (Lipinski definition) is 5. The van der Waals surface area contributed by atoms with Gasteiger partial charge in [0.2, 0.25) is 0 Å². The molecule has 5 nitrogen and oxygen atoms in total. The lowest BCUT2D eigenvalue weighted by Crippen LogP contribution is -2.34. The first-order valence-corrected chi connectivity index (χ1v) is 8.00. The summed E-state index contributed by atoms with van der Waals surface area (Å²) in [6.07, 6.45) is 2.89. The second-order valence-corrected chi connectivity index (χ2v) is 5.90. The van der Waals surface area contributed by atoms with Crippen LogP contribution < -0.4 is 20.1 Å². The van der Waals surface area contributed by atoms with Crippen LogP contribution in [0.4, 0.5) is 0 Å². The van der Waals surface area contributed by atoms with Gasteiger partial charge in [-0.05, 0) is 37.1 Å². The molecule has 1 aromatic rings. The average Bonchev–Trinajstić information content (AvgIpc) is 2.53. The van der Waals surface area contributed by atoms with E-state index >= 15 is 0 Å². The predicted octanol–water partition coefficient (Wildman–Crippen LogP) is 2.14. The van der Waals surface area contributed by atoms with E-state index in [1.54, 1.807) is 21.3 Å². The summed E-state index contributed by atoms with van der Waals surface area (Å²) in [4.78, 5) is 0.680. The number of methoxy groups -OCH3 is 3. The molecule has 1 atom stereocenters. The Bertz CT molecular complexity index is 602. The molecule has 23 heavy (non-hydrogen) atoms. The van der Waals surface area contributed by atoms with Crippen molar-refractivity contribution in [3.05, 3.63) is 29.3 Å². The number of benzene rings is 1. The predicted molar refractivity (Wildman–Crippen MR) is 96.3 cm³/mol. The van der Waals surface area contributed by atoms with Gasteiger partial charge in [0.1, 0.15) is 4.99 Å². The molecular weight excluding hydrogens is 312 g/mol. The van der Waals surface area contributed by atoms with Gasteiger partial charge in [-0.1, -0.05) is 12.2 Å². The number of thiocarbonyl (C=S) groups is 1. The highest BCUT2D eigenvalue weighted by molar-refractivity contribution is 7.80. The van der Waals surface area contributed by atoms with Crippen molar-refractivity contribution in [1.82, 2.24) is 10.6 Å². The second kappa shape index (κ2) is 8.17. The highest BCUT2D eigenvalue weighted by Gasteiger charge is 2.18. The quantitative estimate of drug-likeness (QED) is 0.613. The molecule has 2 rings (SSSR count). The monoisotopic (exact) mass is 336 g/mol. The van der Waals surface area contributed by atoms with Crippen LogP contribution in [0.2, 0.25) is 0 Å². The largest absolute Gasteiger partial charge is 0.493 e. The first-order valence-electron chi connectivity index (χ1n) is 7.59. The zero-order chi connectivity index (χ0) is 16.8. The van der Waals surface area contributed by atoms with Gasteiger partial charge >= 0.3 is 0 Å². The minimum Gasteiger partial charge on any atom is -0.493 e. The lowest BCUT2D eigenvalue weighted by molar-refractivity contribution is 0.179. The molecule has 0 unspecified atom stereocenters. The van der Waals surface area contributed by atoms with Crippen molar-refractivity contribution in [3.8, 4) is 11.5 Å². The van der Waals surface area contributed by atoms with Crippen LogP contribution in [-0.4, -0.2) is 45.5 Å². The Morgan fingerprint density at radius 3 is 2.65 bits per heavy atom. The number of hydrogen-bond donors (Lipinski definition) is 2. The fourth-order valence-corrected chi connectivity index (χ4v) is 2.96. The maximum Gasteiger partial charge on any atom is 0.161 e. The zero-order valence-electron chi connectivity index (χ0n) is 14.1. The van der Waals surface area contributed by atoms with E-state index in [4.69, 9.17) is 26.4 Å². The molecule has 1 aliphatic rings. The van der Waals surface area contributed by atoms with Crippen LogP contribution in [0.15, 0.2) is 18.2 Å². The first kappa shape index (κ1) is 17.6. The van der Waals surface area contributed by atoms with E-state index in [-0.39, 0.29) is 6.04 Å². The standard InChI is InChI=1S/C17H24N2O3S/c1-11(10-20-2)19-17(23)9-14-13-8-16(22-4)15(21-3)7-12(13)5-6-18-14/h7-9,11,18H,5-6,10H2,1-4H3,(H,19,23)/b14-9-/t11-/m0/s1. The summed E-state index contributed by atoms with van der Waals surface area (Å²) in [5.74, 6) is 1.47. The number of fused-ring (bicyclic) bond motifs is 1. The summed E-state index contributed by atoms with van der Waals surface area (Å²) < 4.78 is 15.9. The smallest absolute Gasteiger partial charge is 0.161 e. The highest BCUT2D eigenvalue weighted by atomic mass is 32.1. The fraction of sp³-hybridized carbons (Fsp3) is 0.471. The summed E-state index contributed by atoms with van der Waals surface area (Å²) in [7, 11) is 4.97. The van der Waals surface area contributed by atoms with E-state index in [0.717, 1.165) is 30.0 Å². The number of nitrogens with one attached hydrogen (secondary N) is 2. The van der Waals surface area contributed by atoms with Crippen molar-refractivity contribution in [1.29, 1.82) is 0 Å². The molecule has 6 heteroatoms. The second-order valence-electron chi connectivity index (χ2n) is 5.46. The van der Waals surface area contributed by atoms with Crippen LogP contribution in [0, 0.1) is 0 Å². The maximum atomic E-state index is 5.43. The summed E-state index contributed by atoms with van der Waals surface area (Å²) in [5.41, 5.74) is 3.31. The van der Waals surface area contributed by atoms with Crippen LogP contribution >= 0.6 is 12.2 Å². The van der Waals surface area contributed by atoms with E-state index in [0.29, 0.717) is 17.3 Å². The molecule has 126 valence electrons. The van der Waals surface area contributed by atoms with Crippen LogP contribution in [0.3, 0.4) is 0 Å². The third-order valence-corrected chi connectivity index (χ3v) is 3.93. The molecule has 1 aromatic carbocycles. The Kier molecular flexibility index (Phi) is 6.24. The van der Waals surface area contributed by atoms with Gasteiger partial charge in [0.25, 0.3) is 0 Å². The zero-order valence-corrected chi connectivity index (χ0v) is 14.9. The van der Waals surface area contributed by atoms with Gasteiger partial charge < -0.3 is 24.8 Å². The van der Waals surface area contributed by atoms with Crippen molar-refractivity contribution in [2.24, 2.45) is 0 Å². The number of rotatable bonds is 6. The molecule has 0 saturated carbocycles. The molecule has 0 aromatic heterocycles. The SMILES string of the molecule is COC[C@H](C)NC(=S)/C=C1\NCCc2cc(OC)c(OC)cc21. The lowest BCUT2D eigenvalue weighted by Gasteiger charge is -2.23. The molecule has 1 heterocycles. The summed E-state index contributed by atoms with van der Waals surface area (Å²) in [6, 6.07) is 4.19. The topological polar surface area (TPSA) is 51.8 Å². The molecule has 0 fully saturated rings. The molecule has 0 amide bonds. The van der Waals surface area contributed by atoms with Crippen LogP contribution in [0.1, 0.15) is 18.1 Å². The van der Waals surface area contributed by atoms with Gasteiger partial charge in [-0.3, -0.25) is 0 Å². The minimum atomic E-state index is 0.165. The third kappa shape index (κ3) is 4.36. The van der Waals surface area contributed by atoms with Crippen LogP contribution in [0.5, 0.6) is 11.5 Å². The van der Waals surface area contributed by atoms with Crippen molar-refractivity contribution in [2.75, 3.05) is 34.5 Å². The van der Waals surface area contributed by atoms with Gasteiger partial charge in [0.15, 0.2) is 11.5 Å². The Morgan fingerprint density at radius 1 is 1.30 bits per heavy atom. The normalized spacial score (nSPS) is 16.3. The molecule has 1 aliphatic heterocycles. The molecular formula is C17H24N2O3S. The van der Waals surface area contributed by atoms with Crippen molar-refractivity contribution in [2.45, 2.75) is 19.4 Å². The van der Waals surface area contributed by atoms with E-state index in [1.807, 2.05) is 25.1 Å². The highest BCUT2D eigenvalue weighted by Crippen LogP contribution is 2.34. The van der Waals surface area contributed by atoms with E-state index in [1.165, 1.54) is 5.56 Å². The molecule has 0 radical (unpaired) electrons. The summed E-state index contributed by atoms with van der Waals surface area (Å²) >= 11 is 5.43. The van der Waals surface area contributed by atoms with Crippen LogP contribution in [0.25, 0.3) is 5.70 Å². The lowest BCUT2D eigenvalue weighted by atomic mass is 9.97. The molecule has 2 N–H and O–H groups in total. The summed E-state index contributed by atoms with van der Waals surface area (Å²) in [5, 5.41) is 6.65. The van der Waals surface area contributed by atoms with Crippen molar-refractivity contribution >= 4 is 22.9 Å². The molecule has 0 spiro atoms. The molecule has 0 aliphatic carbocycles. The third-order valence-electron chi connectivity index (χ3n) is 3.69. The Hall–Kier alpha value is -1.79. The van der Waals surface area contributed by atoms with Crippen molar-refractivity contribution in [3.63, 3.8) is 0 Å². The summed E-state index contributed by atoms with van der Waals surface area (Å²) in [6.45, 7) is 3.51. The number of ether oxygens (including phenoxy) is 3. The van der Waals surface area contributed by atoms with Crippen LogP contribution in [-0.2, 0) is 11.2 Å². The minimum absolute atomic E-state index is 0.165.